The largest absolute Gasteiger partial charge is 0.468 e. The van der Waals surface area contributed by atoms with Gasteiger partial charge in [-0.25, -0.2) is 13.6 Å². The molecule has 0 bridgehead atoms. The Morgan fingerprint density at radius 1 is 1.39 bits per heavy atom. The number of primary sulfonamides is 1. The van der Waals surface area contributed by atoms with Crippen LogP contribution >= 0.6 is 0 Å². The molecular weight excluding hydrogens is 256 g/mol. The lowest BCUT2D eigenvalue weighted by Crippen LogP contribution is -2.17. The van der Waals surface area contributed by atoms with Gasteiger partial charge in [-0.05, 0) is 31.2 Å². The molecular formula is C11H14N2O4S. The molecule has 0 radical (unpaired) electrons. The third-order valence-corrected chi connectivity index (χ3v) is 3.25. The number of rotatable bonds is 5. The van der Waals surface area contributed by atoms with E-state index in [1.807, 2.05) is 13.0 Å². The Balaban J connectivity index is 1.97. The van der Waals surface area contributed by atoms with E-state index < -0.39 is 10.0 Å². The molecule has 0 spiro atoms. The molecule has 18 heavy (non-hydrogen) atoms. The molecule has 0 saturated heterocycles. The molecule has 2 rings (SSSR count). The first kappa shape index (κ1) is 12.9. The van der Waals surface area contributed by atoms with Crippen molar-refractivity contribution in [2.24, 2.45) is 5.14 Å². The van der Waals surface area contributed by atoms with E-state index in [1.165, 1.54) is 6.07 Å². The SMILES string of the molecule is C[C@@H](NCc1ccc(S(N)(=O)=O)o1)c1ccco1. The topological polar surface area (TPSA) is 98.5 Å². The Bertz CT molecular complexity index is 601. The minimum absolute atomic E-state index is 0.00281. The Kier molecular flexibility index (Phi) is 3.55. The summed E-state index contributed by atoms with van der Waals surface area (Å²) < 4.78 is 32.4. The number of nitrogens with one attached hydrogen (secondary N) is 1. The first-order valence-corrected chi connectivity index (χ1v) is 6.90. The van der Waals surface area contributed by atoms with Crippen LogP contribution in [0.4, 0.5) is 0 Å². The second kappa shape index (κ2) is 4.97. The lowest BCUT2D eigenvalue weighted by molar-refractivity contribution is 0.376. The Hall–Kier alpha value is -1.57. The van der Waals surface area contributed by atoms with Crippen LogP contribution in [0.25, 0.3) is 0 Å². The molecule has 0 aliphatic carbocycles. The van der Waals surface area contributed by atoms with Crippen LogP contribution in [-0.2, 0) is 16.6 Å². The van der Waals surface area contributed by atoms with Crippen LogP contribution in [0.1, 0.15) is 24.5 Å². The highest BCUT2D eigenvalue weighted by Gasteiger charge is 2.14. The fourth-order valence-corrected chi connectivity index (χ4v) is 1.98. The lowest BCUT2D eigenvalue weighted by atomic mass is 10.2. The van der Waals surface area contributed by atoms with E-state index >= 15 is 0 Å². The molecule has 2 aromatic rings. The van der Waals surface area contributed by atoms with Gasteiger partial charge in [-0.2, -0.15) is 0 Å². The molecule has 1 atom stereocenters. The molecule has 0 fully saturated rings. The first-order valence-electron chi connectivity index (χ1n) is 5.35. The zero-order valence-corrected chi connectivity index (χ0v) is 10.6. The van der Waals surface area contributed by atoms with E-state index in [2.05, 4.69) is 5.32 Å². The molecule has 6 nitrogen and oxygen atoms in total. The zero-order valence-electron chi connectivity index (χ0n) is 9.79. The predicted molar refractivity (Wildman–Crippen MR) is 64.0 cm³/mol. The third kappa shape index (κ3) is 3.00. The highest BCUT2D eigenvalue weighted by molar-refractivity contribution is 7.89. The molecule has 2 aromatic heterocycles. The molecule has 2 heterocycles. The van der Waals surface area contributed by atoms with Gasteiger partial charge < -0.3 is 14.2 Å². The van der Waals surface area contributed by atoms with Gasteiger partial charge in [-0.1, -0.05) is 0 Å². The van der Waals surface area contributed by atoms with Crippen molar-refractivity contribution in [1.82, 2.24) is 5.32 Å². The summed E-state index contributed by atoms with van der Waals surface area (Å²) in [5.41, 5.74) is 0. The molecule has 0 aromatic carbocycles. The van der Waals surface area contributed by atoms with Crippen LogP contribution in [0.2, 0.25) is 0 Å². The summed E-state index contributed by atoms with van der Waals surface area (Å²) in [7, 11) is -3.78. The van der Waals surface area contributed by atoms with Gasteiger partial charge >= 0.3 is 0 Å². The molecule has 98 valence electrons. The first-order chi connectivity index (χ1) is 8.47. The van der Waals surface area contributed by atoms with E-state index in [0.29, 0.717) is 12.3 Å². The Morgan fingerprint density at radius 3 is 2.72 bits per heavy atom. The van der Waals surface area contributed by atoms with E-state index in [9.17, 15) is 8.42 Å². The molecule has 7 heteroatoms. The normalized spacial score (nSPS) is 13.7. The van der Waals surface area contributed by atoms with Crippen LogP contribution in [0.3, 0.4) is 0 Å². The molecule has 0 saturated carbocycles. The van der Waals surface area contributed by atoms with E-state index in [4.69, 9.17) is 14.0 Å². The molecule has 0 aliphatic rings. The van der Waals surface area contributed by atoms with Gasteiger partial charge in [0.15, 0.2) is 0 Å². The number of hydrogen-bond acceptors (Lipinski definition) is 5. The van der Waals surface area contributed by atoms with E-state index in [1.54, 1.807) is 18.4 Å². The number of hydrogen-bond donors (Lipinski definition) is 2. The van der Waals surface area contributed by atoms with Gasteiger partial charge in [0.2, 0.25) is 5.09 Å². The van der Waals surface area contributed by atoms with Crippen molar-refractivity contribution in [3.63, 3.8) is 0 Å². The molecule has 0 amide bonds. The quantitative estimate of drug-likeness (QED) is 0.855. The van der Waals surface area contributed by atoms with E-state index in [0.717, 1.165) is 5.76 Å². The lowest BCUT2D eigenvalue weighted by Gasteiger charge is -2.09. The minimum Gasteiger partial charge on any atom is -0.468 e. The van der Waals surface area contributed by atoms with Crippen LogP contribution in [0.5, 0.6) is 0 Å². The fourth-order valence-electron chi connectivity index (χ4n) is 1.50. The van der Waals surface area contributed by atoms with Gasteiger partial charge in [0.05, 0.1) is 18.8 Å². The van der Waals surface area contributed by atoms with Crippen LogP contribution in [-0.4, -0.2) is 8.42 Å². The van der Waals surface area contributed by atoms with Gasteiger partial charge in [-0.3, -0.25) is 0 Å². The maximum Gasteiger partial charge on any atom is 0.271 e. The second-order valence-corrected chi connectivity index (χ2v) is 5.38. The monoisotopic (exact) mass is 270 g/mol. The van der Waals surface area contributed by atoms with Gasteiger partial charge in [0.25, 0.3) is 10.0 Å². The Morgan fingerprint density at radius 2 is 2.17 bits per heavy atom. The Labute approximate surface area is 105 Å². The van der Waals surface area contributed by atoms with Crippen molar-refractivity contribution in [2.75, 3.05) is 0 Å². The molecule has 0 unspecified atom stereocenters. The molecule has 3 N–H and O–H groups in total. The van der Waals surface area contributed by atoms with Crippen LogP contribution in [0, 0.1) is 0 Å². The van der Waals surface area contributed by atoms with Crippen molar-refractivity contribution in [3.8, 4) is 0 Å². The van der Waals surface area contributed by atoms with Crippen molar-refractivity contribution >= 4 is 10.0 Å². The average molecular weight is 270 g/mol. The van der Waals surface area contributed by atoms with Gasteiger partial charge in [0, 0.05) is 0 Å². The van der Waals surface area contributed by atoms with Crippen LogP contribution < -0.4 is 10.5 Å². The predicted octanol–water partition coefficient (Wildman–Crippen LogP) is 1.37. The van der Waals surface area contributed by atoms with Crippen molar-refractivity contribution in [2.45, 2.75) is 24.6 Å². The van der Waals surface area contributed by atoms with E-state index in [-0.39, 0.29) is 11.1 Å². The highest BCUT2D eigenvalue weighted by atomic mass is 32.2. The summed E-state index contributed by atoms with van der Waals surface area (Å²) in [6.45, 7) is 2.32. The van der Waals surface area contributed by atoms with Crippen molar-refractivity contribution < 1.29 is 17.3 Å². The summed E-state index contributed by atoms with van der Waals surface area (Å²) in [6, 6.07) is 6.57. The van der Waals surface area contributed by atoms with Gasteiger partial charge in [-0.15, -0.1) is 0 Å². The minimum atomic E-state index is -3.78. The summed E-state index contributed by atoms with van der Waals surface area (Å²) in [4.78, 5) is 0. The number of furan rings is 2. The van der Waals surface area contributed by atoms with Gasteiger partial charge in [0.1, 0.15) is 11.5 Å². The van der Waals surface area contributed by atoms with Crippen molar-refractivity contribution in [3.05, 3.63) is 42.0 Å². The standard InChI is InChI=1S/C11H14N2O4S/c1-8(10-3-2-6-16-10)13-7-9-4-5-11(17-9)18(12,14)15/h2-6,8,13H,7H2,1H3,(H2,12,14,15)/t8-/m1/s1. The summed E-state index contributed by atoms with van der Waals surface area (Å²) in [6.07, 6.45) is 1.60. The number of nitrogens with two attached hydrogens (primary N) is 1. The maximum atomic E-state index is 11.0. The average Bonchev–Trinajstić information content (AvgIpc) is 2.96. The summed E-state index contributed by atoms with van der Waals surface area (Å²) in [5.74, 6) is 1.30. The maximum absolute atomic E-state index is 11.0. The third-order valence-electron chi connectivity index (χ3n) is 2.47. The fraction of sp³-hybridized carbons (Fsp3) is 0.273. The number of sulfonamides is 1. The molecule has 0 aliphatic heterocycles. The summed E-state index contributed by atoms with van der Waals surface area (Å²) in [5, 5.41) is 7.86. The second-order valence-electron chi connectivity index (χ2n) is 3.88. The highest BCUT2D eigenvalue weighted by Crippen LogP contribution is 2.15. The van der Waals surface area contributed by atoms with Crippen LogP contribution in [0.15, 0.2) is 44.5 Å². The zero-order chi connectivity index (χ0) is 13.2. The smallest absolute Gasteiger partial charge is 0.271 e. The van der Waals surface area contributed by atoms with Crippen molar-refractivity contribution in [1.29, 1.82) is 0 Å². The summed E-state index contributed by atoms with van der Waals surface area (Å²) >= 11 is 0.